The highest BCUT2D eigenvalue weighted by atomic mass is 16.6. The fraction of sp³-hybridized carbons (Fsp3) is 0.318. The maximum absolute atomic E-state index is 13.0. The van der Waals surface area contributed by atoms with Gasteiger partial charge in [0, 0.05) is 25.1 Å². The van der Waals surface area contributed by atoms with E-state index in [1.165, 1.54) is 12.1 Å². The first kappa shape index (κ1) is 23.7. The molecule has 1 atom stereocenters. The van der Waals surface area contributed by atoms with Gasteiger partial charge in [-0.15, -0.1) is 0 Å². The highest BCUT2D eigenvalue weighted by molar-refractivity contribution is 5.99. The average molecular weight is 428 g/mol. The van der Waals surface area contributed by atoms with Gasteiger partial charge < -0.3 is 21.0 Å². The lowest BCUT2D eigenvalue weighted by molar-refractivity contribution is -0.135. The van der Waals surface area contributed by atoms with Crippen molar-refractivity contribution in [1.82, 2.24) is 15.7 Å². The van der Waals surface area contributed by atoms with Crippen LogP contribution >= 0.6 is 0 Å². The van der Waals surface area contributed by atoms with Crippen molar-refractivity contribution in [2.24, 2.45) is 11.7 Å². The van der Waals surface area contributed by atoms with Crippen LogP contribution in [0.4, 0.5) is 4.79 Å². The van der Waals surface area contributed by atoms with Crippen molar-refractivity contribution in [2.45, 2.75) is 19.8 Å². The number of benzene rings is 2. The summed E-state index contributed by atoms with van der Waals surface area (Å²) in [4.78, 5) is 43.1. The molecule has 1 unspecified atom stereocenters. The van der Waals surface area contributed by atoms with E-state index in [0.717, 1.165) is 10.5 Å². The third-order valence-corrected chi connectivity index (χ3v) is 4.56. The predicted octanol–water partition coefficient (Wildman–Crippen LogP) is 1.35. The third kappa shape index (κ3) is 7.31. The standard InChI is InChI=1S/C22H28N4O5/c1-15(12-17-13-18(27)8-9-19(17)31-24-2)21(29)26(14-20(23)28)22(30)25-11-10-16-6-4-3-5-7-16/h3-9,13,15,24,27H,10-12,14H2,1-2H3,(H2,23,28)(H,25,30). The molecule has 2 rings (SSSR count). The monoisotopic (exact) mass is 428 g/mol. The summed E-state index contributed by atoms with van der Waals surface area (Å²) in [5, 5.41) is 12.4. The number of hydrogen-bond donors (Lipinski definition) is 4. The Balaban J connectivity index is 2.06. The Hall–Kier alpha value is -3.59. The number of nitrogens with one attached hydrogen (secondary N) is 2. The number of carbonyl (C=O) groups is 3. The molecule has 0 fully saturated rings. The molecule has 0 radical (unpaired) electrons. The number of hydroxylamine groups is 1. The summed E-state index contributed by atoms with van der Waals surface area (Å²) in [7, 11) is 1.58. The van der Waals surface area contributed by atoms with Crippen LogP contribution in [0.3, 0.4) is 0 Å². The smallest absolute Gasteiger partial charge is 0.324 e. The number of amides is 4. The number of hydrogen-bond acceptors (Lipinski definition) is 6. The van der Waals surface area contributed by atoms with Crippen LogP contribution in [0.2, 0.25) is 0 Å². The van der Waals surface area contributed by atoms with Gasteiger partial charge in [-0.1, -0.05) is 37.3 Å². The Kier molecular flexibility index (Phi) is 8.83. The number of urea groups is 1. The maximum Gasteiger partial charge on any atom is 0.324 e. The fourth-order valence-electron chi connectivity index (χ4n) is 3.08. The molecular weight excluding hydrogens is 400 g/mol. The van der Waals surface area contributed by atoms with Crippen LogP contribution in [0.15, 0.2) is 48.5 Å². The maximum atomic E-state index is 13.0. The molecule has 0 aliphatic carbocycles. The van der Waals surface area contributed by atoms with E-state index in [1.54, 1.807) is 20.0 Å². The topological polar surface area (TPSA) is 134 Å². The normalized spacial score (nSPS) is 11.4. The van der Waals surface area contributed by atoms with Gasteiger partial charge in [-0.05, 0) is 36.6 Å². The molecular formula is C22H28N4O5. The zero-order valence-electron chi connectivity index (χ0n) is 17.6. The second kappa shape index (κ2) is 11.6. The molecule has 2 aromatic rings. The van der Waals surface area contributed by atoms with Crippen molar-refractivity contribution in [3.8, 4) is 11.5 Å². The minimum atomic E-state index is -0.796. The first-order chi connectivity index (χ1) is 14.8. The molecule has 0 aliphatic heterocycles. The fourth-order valence-corrected chi connectivity index (χ4v) is 3.08. The Morgan fingerprint density at radius 2 is 1.87 bits per heavy atom. The second-order valence-electron chi connectivity index (χ2n) is 7.06. The van der Waals surface area contributed by atoms with Gasteiger partial charge in [0.15, 0.2) is 5.75 Å². The summed E-state index contributed by atoms with van der Waals surface area (Å²) in [5.41, 5.74) is 9.40. The summed E-state index contributed by atoms with van der Waals surface area (Å²) < 4.78 is 0. The van der Waals surface area contributed by atoms with E-state index >= 15 is 0 Å². The molecule has 0 aromatic heterocycles. The summed E-state index contributed by atoms with van der Waals surface area (Å²) in [5.74, 6) is -1.58. The highest BCUT2D eigenvalue weighted by Crippen LogP contribution is 2.26. The molecule has 0 heterocycles. The van der Waals surface area contributed by atoms with E-state index in [9.17, 15) is 19.5 Å². The number of aromatic hydroxyl groups is 1. The Bertz CT molecular complexity index is 904. The minimum Gasteiger partial charge on any atom is -0.508 e. The Morgan fingerprint density at radius 1 is 1.16 bits per heavy atom. The van der Waals surface area contributed by atoms with Gasteiger partial charge >= 0.3 is 6.03 Å². The largest absolute Gasteiger partial charge is 0.508 e. The quantitative estimate of drug-likeness (QED) is 0.422. The van der Waals surface area contributed by atoms with Gasteiger partial charge in [-0.3, -0.25) is 14.5 Å². The number of nitrogens with two attached hydrogens (primary N) is 1. The lowest BCUT2D eigenvalue weighted by Gasteiger charge is -2.24. The predicted molar refractivity (Wildman–Crippen MR) is 115 cm³/mol. The average Bonchev–Trinajstić information content (AvgIpc) is 2.74. The van der Waals surface area contributed by atoms with E-state index in [1.807, 2.05) is 30.3 Å². The van der Waals surface area contributed by atoms with Gasteiger partial charge in [-0.25, -0.2) is 4.79 Å². The molecule has 9 nitrogen and oxygen atoms in total. The number of phenolic OH excluding ortho intramolecular Hbond substituents is 1. The molecule has 0 spiro atoms. The molecule has 0 bridgehead atoms. The number of primary amides is 1. The summed E-state index contributed by atoms with van der Waals surface area (Å²) >= 11 is 0. The molecule has 9 heteroatoms. The number of imide groups is 1. The van der Waals surface area contributed by atoms with Crippen molar-refractivity contribution in [3.05, 3.63) is 59.7 Å². The first-order valence-electron chi connectivity index (χ1n) is 9.88. The lowest BCUT2D eigenvalue weighted by atomic mass is 9.98. The van der Waals surface area contributed by atoms with Gasteiger partial charge in [0.1, 0.15) is 12.3 Å². The van der Waals surface area contributed by atoms with Crippen molar-refractivity contribution in [1.29, 1.82) is 0 Å². The van der Waals surface area contributed by atoms with Crippen LogP contribution in [0.5, 0.6) is 11.5 Å². The zero-order chi connectivity index (χ0) is 22.8. The third-order valence-electron chi connectivity index (χ3n) is 4.56. The van der Waals surface area contributed by atoms with Crippen LogP contribution in [0, 0.1) is 5.92 Å². The van der Waals surface area contributed by atoms with Crippen LogP contribution in [-0.2, 0) is 22.4 Å². The summed E-state index contributed by atoms with van der Waals surface area (Å²) in [6.45, 7) is 1.40. The number of rotatable bonds is 10. The Labute approximate surface area is 181 Å². The van der Waals surface area contributed by atoms with E-state index < -0.39 is 30.3 Å². The van der Waals surface area contributed by atoms with Crippen LogP contribution < -0.4 is 21.4 Å². The molecule has 0 aliphatic rings. The van der Waals surface area contributed by atoms with E-state index in [0.29, 0.717) is 24.3 Å². The number of phenols is 1. The van der Waals surface area contributed by atoms with E-state index in [-0.39, 0.29) is 12.2 Å². The summed E-state index contributed by atoms with van der Waals surface area (Å²) in [6, 6.07) is 13.4. The molecule has 31 heavy (non-hydrogen) atoms. The van der Waals surface area contributed by atoms with Gasteiger partial charge in [0.05, 0.1) is 0 Å². The van der Waals surface area contributed by atoms with Gasteiger partial charge in [0.25, 0.3) is 0 Å². The highest BCUT2D eigenvalue weighted by Gasteiger charge is 2.28. The van der Waals surface area contributed by atoms with E-state index in [4.69, 9.17) is 10.6 Å². The van der Waals surface area contributed by atoms with Crippen molar-refractivity contribution in [2.75, 3.05) is 20.1 Å². The molecule has 0 saturated heterocycles. The summed E-state index contributed by atoms with van der Waals surface area (Å²) in [6.07, 6.45) is 0.756. The number of carbonyl (C=O) groups excluding carboxylic acids is 3. The van der Waals surface area contributed by atoms with Crippen LogP contribution in [0.25, 0.3) is 0 Å². The minimum absolute atomic E-state index is 0.0192. The molecule has 166 valence electrons. The second-order valence-corrected chi connectivity index (χ2v) is 7.06. The van der Waals surface area contributed by atoms with Gasteiger partial charge in [-0.2, -0.15) is 5.48 Å². The zero-order valence-corrected chi connectivity index (χ0v) is 17.6. The number of nitrogens with zero attached hydrogens (tertiary/aromatic N) is 1. The van der Waals surface area contributed by atoms with E-state index in [2.05, 4.69) is 10.8 Å². The first-order valence-corrected chi connectivity index (χ1v) is 9.88. The SMILES string of the molecule is CNOc1ccc(O)cc1CC(C)C(=O)N(CC(N)=O)C(=O)NCCc1ccccc1. The molecule has 0 saturated carbocycles. The van der Waals surface area contributed by atoms with Crippen LogP contribution in [0.1, 0.15) is 18.1 Å². The van der Waals surface area contributed by atoms with Crippen molar-refractivity contribution in [3.63, 3.8) is 0 Å². The van der Waals surface area contributed by atoms with Crippen LogP contribution in [-0.4, -0.2) is 48.0 Å². The van der Waals surface area contributed by atoms with Gasteiger partial charge in [0.2, 0.25) is 11.8 Å². The lowest BCUT2D eigenvalue weighted by Crippen LogP contribution is -2.50. The molecule has 5 N–H and O–H groups in total. The molecule has 4 amide bonds. The molecule has 2 aromatic carbocycles. The van der Waals surface area contributed by atoms with Crippen molar-refractivity contribution >= 4 is 17.8 Å². The Morgan fingerprint density at radius 3 is 2.52 bits per heavy atom. The van der Waals surface area contributed by atoms with Crippen molar-refractivity contribution < 1.29 is 24.3 Å².